The third-order valence-electron chi connectivity index (χ3n) is 5.18. The number of carbonyl (C=O) groups is 2. The first-order valence-electron chi connectivity index (χ1n) is 10.8. The quantitative estimate of drug-likeness (QED) is 0.179. The molecule has 0 atom stereocenters. The Bertz CT molecular complexity index is 1250. The van der Waals surface area contributed by atoms with Gasteiger partial charge in [0.2, 0.25) is 0 Å². The number of amides is 1. The number of halogens is 1. The second-order valence-electron chi connectivity index (χ2n) is 8.67. The van der Waals surface area contributed by atoms with Crippen molar-refractivity contribution in [2.75, 3.05) is 14.2 Å². The van der Waals surface area contributed by atoms with Crippen molar-refractivity contribution in [3.05, 3.63) is 87.4 Å². The van der Waals surface area contributed by atoms with Gasteiger partial charge < -0.3 is 14.2 Å². The first kappa shape index (κ1) is 26.0. The second kappa shape index (κ2) is 11.2. The number of esters is 1. The van der Waals surface area contributed by atoms with Crippen LogP contribution in [0, 0.1) is 0 Å². The van der Waals surface area contributed by atoms with E-state index >= 15 is 0 Å². The van der Waals surface area contributed by atoms with Crippen LogP contribution in [0.1, 0.15) is 52.6 Å². The van der Waals surface area contributed by atoms with Crippen LogP contribution < -0.4 is 19.6 Å². The Morgan fingerprint density at radius 2 is 1.49 bits per heavy atom. The molecule has 0 unspecified atom stereocenters. The number of ether oxygens (including phenoxy) is 3. The molecule has 3 aromatic rings. The van der Waals surface area contributed by atoms with E-state index in [1.807, 2.05) is 12.1 Å². The van der Waals surface area contributed by atoms with Gasteiger partial charge in [-0.3, -0.25) is 4.79 Å². The third-order valence-corrected chi connectivity index (χ3v) is 5.67. The lowest BCUT2D eigenvalue weighted by molar-refractivity contribution is 0.0733. The molecule has 1 amide bonds. The highest BCUT2D eigenvalue weighted by Crippen LogP contribution is 2.29. The molecule has 7 nitrogen and oxygen atoms in total. The molecule has 0 saturated heterocycles. The fraction of sp³-hybridized carbons (Fsp3) is 0.222. The van der Waals surface area contributed by atoms with Gasteiger partial charge in [-0.05, 0) is 59.5 Å². The number of hydrazone groups is 1. The summed E-state index contributed by atoms with van der Waals surface area (Å²) in [5, 5.41) is 4.05. The van der Waals surface area contributed by atoms with Gasteiger partial charge in [-0.25, -0.2) is 10.2 Å². The predicted molar refractivity (Wildman–Crippen MR) is 139 cm³/mol. The number of rotatable bonds is 7. The summed E-state index contributed by atoms with van der Waals surface area (Å²) in [7, 11) is 3.01. The van der Waals surface area contributed by atoms with E-state index in [0.717, 1.165) is 10.0 Å². The lowest BCUT2D eigenvalue weighted by atomic mass is 9.87. The van der Waals surface area contributed by atoms with Gasteiger partial charge in [-0.15, -0.1) is 0 Å². The van der Waals surface area contributed by atoms with Gasteiger partial charge >= 0.3 is 5.97 Å². The fourth-order valence-electron chi connectivity index (χ4n) is 3.18. The standard InChI is InChI=1S/C27H27BrN2O5/c1-27(2,3)20-9-6-17(7-10-20)25(31)30-29-16-19-14-21(28)11-13-22(19)35-26(32)18-8-12-23(33-4)24(15-18)34-5/h6-16H,1-5H3,(H,30,31)/b29-16+. The summed E-state index contributed by atoms with van der Waals surface area (Å²) in [5.74, 6) is 0.272. The summed E-state index contributed by atoms with van der Waals surface area (Å²) in [4.78, 5) is 25.2. The van der Waals surface area contributed by atoms with Gasteiger partial charge in [0.05, 0.1) is 26.0 Å². The molecule has 0 aliphatic carbocycles. The summed E-state index contributed by atoms with van der Waals surface area (Å²) in [6.07, 6.45) is 1.42. The van der Waals surface area contributed by atoms with Crippen molar-refractivity contribution < 1.29 is 23.8 Å². The number of benzene rings is 3. The molecule has 3 aromatic carbocycles. The maximum Gasteiger partial charge on any atom is 0.343 e. The van der Waals surface area contributed by atoms with E-state index in [-0.39, 0.29) is 17.1 Å². The van der Waals surface area contributed by atoms with Crippen LogP contribution in [0.2, 0.25) is 0 Å². The first-order chi connectivity index (χ1) is 16.6. The number of methoxy groups -OCH3 is 2. The first-order valence-corrected chi connectivity index (χ1v) is 11.6. The average Bonchev–Trinajstić information content (AvgIpc) is 2.84. The zero-order valence-corrected chi connectivity index (χ0v) is 21.8. The molecule has 3 rings (SSSR count). The summed E-state index contributed by atoms with van der Waals surface area (Å²) in [6.45, 7) is 6.33. The zero-order chi connectivity index (χ0) is 25.6. The van der Waals surface area contributed by atoms with E-state index in [2.05, 4.69) is 47.2 Å². The Balaban J connectivity index is 1.74. The van der Waals surface area contributed by atoms with Crippen LogP contribution in [0.25, 0.3) is 0 Å². The zero-order valence-electron chi connectivity index (χ0n) is 20.2. The van der Waals surface area contributed by atoms with E-state index < -0.39 is 5.97 Å². The molecule has 35 heavy (non-hydrogen) atoms. The topological polar surface area (TPSA) is 86.2 Å². The van der Waals surface area contributed by atoms with Crippen molar-refractivity contribution >= 4 is 34.0 Å². The van der Waals surface area contributed by atoms with Crippen molar-refractivity contribution in [3.8, 4) is 17.2 Å². The third kappa shape index (κ3) is 6.70. The van der Waals surface area contributed by atoms with E-state index in [1.165, 1.54) is 20.4 Å². The lowest BCUT2D eigenvalue weighted by Crippen LogP contribution is -2.18. The maximum absolute atomic E-state index is 12.7. The Kier molecular flexibility index (Phi) is 8.30. The normalized spacial score (nSPS) is 11.3. The molecule has 0 bridgehead atoms. The Morgan fingerprint density at radius 3 is 2.11 bits per heavy atom. The molecule has 0 aromatic heterocycles. The lowest BCUT2D eigenvalue weighted by Gasteiger charge is -2.18. The molecule has 0 aliphatic rings. The summed E-state index contributed by atoms with van der Waals surface area (Å²) < 4.78 is 16.8. The van der Waals surface area contributed by atoms with E-state index in [4.69, 9.17) is 14.2 Å². The van der Waals surface area contributed by atoms with Gasteiger partial charge in [0.1, 0.15) is 5.75 Å². The van der Waals surface area contributed by atoms with Gasteiger partial charge in [-0.2, -0.15) is 5.10 Å². The van der Waals surface area contributed by atoms with Gasteiger partial charge in [0.15, 0.2) is 11.5 Å². The smallest absolute Gasteiger partial charge is 0.343 e. The van der Waals surface area contributed by atoms with Crippen molar-refractivity contribution in [1.29, 1.82) is 0 Å². The molecule has 8 heteroatoms. The molecule has 182 valence electrons. The molecule has 0 fully saturated rings. The average molecular weight is 539 g/mol. The number of hydrogen-bond acceptors (Lipinski definition) is 6. The molecule has 0 saturated carbocycles. The van der Waals surface area contributed by atoms with Crippen LogP contribution in [0.15, 0.2) is 70.2 Å². The largest absolute Gasteiger partial charge is 0.493 e. The summed E-state index contributed by atoms with van der Waals surface area (Å²) in [6, 6.07) is 17.2. The number of nitrogens with one attached hydrogen (secondary N) is 1. The van der Waals surface area contributed by atoms with Gasteiger partial charge in [-0.1, -0.05) is 48.8 Å². The van der Waals surface area contributed by atoms with E-state index in [9.17, 15) is 9.59 Å². The second-order valence-corrected chi connectivity index (χ2v) is 9.58. The van der Waals surface area contributed by atoms with Crippen molar-refractivity contribution in [2.45, 2.75) is 26.2 Å². The minimum absolute atomic E-state index is 0.00135. The SMILES string of the molecule is COc1ccc(C(=O)Oc2ccc(Br)cc2/C=N/NC(=O)c2ccc(C(C)(C)C)cc2)cc1OC. The molecular weight excluding hydrogens is 512 g/mol. The number of hydrogen-bond donors (Lipinski definition) is 1. The van der Waals surface area contributed by atoms with Crippen LogP contribution in [0.5, 0.6) is 17.2 Å². The highest BCUT2D eigenvalue weighted by molar-refractivity contribution is 9.10. The van der Waals surface area contributed by atoms with Crippen molar-refractivity contribution in [1.82, 2.24) is 5.43 Å². The number of carbonyl (C=O) groups excluding carboxylic acids is 2. The van der Waals surface area contributed by atoms with E-state index in [0.29, 0.717) is 28.2 Å². The molecule has 0 aliphatic heterocycles. The molecule has 0 heterocycles. The molecular formula is C27H27BrN2O5. The van der Waals surface area contributed by atoms with Crippen LogP contribution in [0.4, 0.5) is 0 Å². The Hall–Kier alpha value is -3.65. The minimum Gasteiger partial charge on any atom is -0.493 e. The Morgan fingerprint density at radius 1 is 0.857 bits per heavy atom. The van der Waals surface area contributed by atoms with Crippen LogP contribution >= 0.6 is 15.9 Å². The molecule has 0 spiro atoms. The van der Waals surface area contributed by atoms with E-state index in [1.54, 1.807) is 48.5 Å². The molecule has 0 radical (unpaired) electrons. The minimum atomic E-state index is -0.578. The highest BCUT2D eigenvalue weighted by atomic mass is 79.9. The van der Waals surface area contributed by atoms with Crippen molar-refractivity contribution in [3.63, 3.8) is 0 Å². The van der Waals surface area contributed by atoms with Crippen LogP contribution in [-0.2, 0) is 5.41 Å². The van der Waals surface area contributed by atoms with Crippen molar-refractivity contribution in [2.24, 2.45) is 5.10 Å². The number of nitrogens with zero attached hydrogens (tertiary/aromatic N) is 1. The maximum atomic E-state index is 12.7. The summed E-state index contributed by atoms with van der Waals surface area (Å²) in [5.41, 5.74) is 4.92. The van der Waals surface area contributed by atoms with Gasteiger partial charge in [0.25, 0.3) is 5.91 Å². The summed E-state index contributed by atoms with van der Waals surface area (Å²) >= 11 is 3.40. The highest BCUT2D eigenvalue weighted by Gasteiger charge is 2.16. The Labute approximate surface area is 213 Å². The van der Waals surface area contributed by atoms with Crippen LogP contribution in [-0.4, -0.2) is 32.3 Å². The predicted octanol–water partition coefficient (Wildman–Crippen LogP) is 5.75. The fourth-order valence-corrected chi connectivity index (χ4v) is 3.56. The van der Waals surface area contributed by atoms with Gasteiger partial charge in [0, 0.05) is 15.6 Å². The van der Waals surface area contributed by atoms with Crippen LogP contribution in [0.3, 0.4) is 0 Å². The monoisotopic (exact) mass is 538 g/mol. The molecule has 1 N–H and O–H groups in total.